The third-order valence-electron chi connectivity index (χ3n) is 2.49. The largest absolute Gasteiger partial charge is 0.394 e. The highest BCUT2D eigenvalue weighted by Gasteiger charge is 2.09. The van der Waals surface area contributed by atoms with Crippen LogP contribution in [0.2, 0.25) is 0 Å². The highest BCUT2D eigenvalue weighted by atomic mass is 14.9. The minimum absolute atomic E-state index is 0.433. The van der Waals surface area contributed by atoms with Gasteiger partial charge in [0.2, 0.25) is 0 Å². The summed E-state index contributed by atoms with van der Waals surface area (Å²) in [5.41, 5.74) is 2.38. The van der Waals surface area contributed by atoms with Gasteiger partial charge >= 0.3 is 0 Å². The SMILES string of the molecule is C=C(C)/C=C\C(=C\NC)C(CCC)NCCC. The van der Waals surface area contributed by atoms with Gasteiger partial charge in [0.25, 0.3) is 0 Å². The standard InChI is InChI=1S/C15H28N2/c1-6-8-15(17-11-7-2)14(12-16-5)10-9-13(3)4/h9-10,12,15-17H,3,6-8,11H2,1-2,4-5H3/b10-9-,14-12-. The van der Waals surface area contributed by atoms with Crippen LogP contribution in [0.5, 0.6) is 0 Å². The summed E-state index contributed by atoms with van der Waals surface area (Å²) in [5, 5.41) is 6.71. The highest BCUT2D eigenvalue weighted by Crippen LogP contribution is 2.11. The quantitative estimate of drug-likeness (QED) is 0.600. The first-order chi connectivity index (χ1) is 8.15. The molecule has 0 spiro atoms. The second-order valence-corrected chi connectivity index (χ2v) is 4.41. The first-order valence-electron chi connectivity index (χ1n) is 6.59. The van der Waals surface area contributed by atoms with E-state index in [0.717, 1.165) is 25.0 Å². The maximum atomic E-state index is 3.90. The monoisotopic (exact) mass is 236 g/mol. The number of hydrogen-bond acceptors (Lipinski definition) is 2. The molecule has 0 fully saturated rings. The molecular formula is C15H28N2. The predicted molar refractivity (Wildman–Crippen MR) is 78.1 cm³/mol. The Balaban J connectivity index is 4.69. The van der Waals surface area contributed by atoms with Gasteiger partial charge in [0.15, 0.2) is 0 Å². The first kappa shape index (κ1) is 16.0. The summed E-state index contributed by atoms with van der Waals surface area (Å²) in [4.78, 5) is 0. The van der Waals surface area contributed by atoms with Crippen molar-refractivity contribution in [2.75, 3.05) is 13.6 Å². The van der Waals surface area contributed by atoms with Gasteiger partial charge in [0.1, 0.15) is 0 Å². The van der Waals surface area contributed by atoms with Gasteiger partial charge in [0.05, 0.1) is 0 Å². The van der Waals surface area contributed by atoms with Crippen molar-refractivity contribution < 1.29 is 0 Å². The van der Waals surface area contributed by atoms with Crippen LogP contribution in [0.1, 0.15) is 40.0 Å². The fraction of sp³-hybridized carbons (Fsp3) is 0.600. The fourth-order valence-corrected chi connectivity index (χ4v) is 1.66. The molecule has 1 unspecified atom stereocenters. The van der Waals surface area contributed by atoms with Crippen molar-refractivity contribution >= 4 is 0 Å². The van der Waals surface area contributed by atoms with Crippen LogP contribution in [0.3, 0.4) is 0 Å². The molecule has 0 amide bonds. The van der Waals surface area contributed by atoms with Crippen LogP contribution < -0.4 is 10.6 Å². The molecule has 1 atom stereocenters. The lowest BCUT2D eigenvalue weighted by Gasteiger charge is -2.19. The maximum absolute atomic E-state index is 3.90. The van der Waals surface area contributed by atoms with Gasteiger partial charge in [-0.05, 0) is 31.9 Å². The Hall–Kier alpha value is -1.02. The van der Waals surface area contributed by atoms with Crippen molar-refractivity contribution in [2.45, 2.75) is 46.1 Å². The van der Waals surface area contributed by atoms with Crippen molar-refractivity contribution in [2.24, 2.45) is 0 Å². The highest BCUT2D eigenvalue weighted by molar-refractivity contribution is 5.29. The van der Waals surface area contributed by atoms with Crippen molar-refractivity contribution in [3.05, 3.63) is 36.1 Å². The third-order valence-corrected chi connectivity index (χ3v) is 2.49. The molecule has 0 rings (SSSR count). The van der Waals surface area contributed by atoms with Gasteiger partial charge in [-0.2, -0.15) is 0 Å². The molecule has 0 aromatic rings. The van der Waals surface area contributed by atoms with E-state index in [0.29, 0.717) is 6.04 Å². The van der Waals surface area contributed by atoms with Crippen LogP contribution in [0, 0.1) is 0 Å². The molecule has 0 saturated heterocycles. The fourth-order valence-electron chi connectivity index (χ4n) is 1.66. The third kappa shape index (κ3) is 7.81. The Morgan fingerprint density at radius 1 is 1.24 bits per heavy atom. The lowest BCUT2D eigenvalue weighted by molar-refractivity contribution is 0.532. The Bertz CT molecular complexity index is 264. The van der Waals surface area contributed by atoms with Crippen molar-refractivity contribution in [3.8, 4) is 0 Å². The van der Waals surface area contributed by atoms with Crippen molar-refractivity contribution in [1.29, 1.82) is 0 Å². The van der Waals surface area contributed by atoms with Crippen LogP contribution in [0.15, 0.2) is 36.1 Å². The van der Waals surface area contributed by atoms with E-state index in [1.54, 1.807) is 0 Å². The average molecular weight is 236 g/mol. The number of allylic oxidation sites excluding steroid dienone is 2. The molecule has 0 aliphatic carbocycles. The normalized spacial score (nSPS) is 14.0. The number of rotatable bonds is 9. The van der Waals surface area contributed by atoms with Crippen molar-refractivity contribution in [1.82, 2.24) is 10.6 Å². The van der Waals surface area contributed by atoms with Crippen molar-refractivity contribution in [3.63, 3.8) is 0 Å². The summed E-state index contributed by atoms with van der Waals surface area (Å²) >= 11 is 0. The number of nitrogens with one attached hydrogen (secondary N) is 2. The van der Waals surface area contributed by atoms with Gasteiger partial charge in [-0.15, -0.1) is 0 Å². The molecule has 0 bridgehead atoms. The van der Waals surface area contributed by atoms with E-state index in [-0.39, 0.29) is 0 Å². The first-order valence-corrected chi connectivity index (χ1v) is 6.59. The Labute approximate surface area is 107 Å². The zero-order valence-corrected chi connectivity index (χ0v) is 11.8. The van der Waals surface area contributed by atoms with Crippen LogP contribution >= 0.6 is 0 Å². The zero-order chi connectivity index (χ0) is 13.1. The summed E-state index contributed by atoms with van der Waals surface area (Å²) < 4.78 is 0. The van der Waals surface area contributed by atoms with Gasteiger partial charge in [-0.1, -0.05) is 44.6 Å². The smallest absolute Gasteiger partial charge is 0.0334 e. The summed E-state index contributed by atoms with van der Waals surface area (Å²) in [7, 11) is 1.94. The molecule has 0 radical (unpaired) electrons. The minimum atomic E-state index is 0.433. The topological polar surface area (TPSA) is 24.1 Å². The van der Waals surface area contributed by atoms with E-state index in [2.05, 4.69) is 49.4 Å². The molecule has 0 aliphatic rings. The van der Waals surface area contributed by atoms with Crippen LogP contribution in [0.25, 0.3) is 0 Å². The summed E-state index contributed by atoms with van der Waals surface area (Å²) in [6.45, 7) is 11.4. The van der Waals surface area contributed by atoms with E-state index in [1.165, 1.54) is 12.0 Å². The molecule has 0 heterocycles. The van der Waals surface area contributed by atoms with Crippen LogP contribution in [-0.4, -0.2) is 19.6 Å². The van der Waals surface area contributed by atoms with Gasteiger partial charge in [-0.3, -0.25) is 0 Å². The molecular weight excluding hydrogens is 208 g/mol. The second-order valence-electron chi connectivity index (χ2n) is 4.41. The average Bonchev–Trinajstić information content (AvgIpc) is 2.30. The molecule has 17 heavy (non-hydrogen) atoms. The molecule has 2 heteroatoms. The Morgan fingerprint density at radius 3 is 2.41 bits per heavy atom. The Kier molecular flexibility index (Phi) is 9.55. The van der Waals surface area contributed by atoms with E-state index >= 15 is 0 Å². The molecule has 0 aromatic heterocycles. The number of hydrogen-bond donors (Lipinski definition) is 2. The minimum Gasteiger partial charge on any atom is -0.394 e. The van der Waals surface area contributed by atoms with E-state index in [1.807, 2.05) is 14.0 Å². The van der Waals surface area contributed by atoms with E-state index < -0.39 is 0 Å². The maximum Gasteiger partial charge on any atom is 0.0334 e. The second kappa shape index (κ2) is 10.2. The molecule has 0 aromatic carbocycles. The molecule has 98 valence electrons. The lowest BCUT2D eigenvalue weighted by atomic mass is 10.0. The summed E-state index contributed by atoms with van der Waals surface area (Å²) in [5.74, 6) is 0. The zero-order valence-electron chi connectivity index (χ0n) is 11.8. The Morgan fingerprint density at radius 2 is 1.94 bits per heavy atom. The summed E-state index contributed by atoms with van der Waals surface area (Å²) in [6, 6.07) is 0.433. The van der Waals surface area contributed by atoms with E-state index in [4.69, 9.17) is 0 Å². The van der Waals surface area contributed by atoms with Gasteiger partial charge in [-0.25, -0.2) is 0 Å². The molecule has 2 N–H and O–H groups in total. The predicted octanol–water partition coefficient (Wildman–Crippen LogP) is 3.39. The van der Waals surface area contributed by atoms with Crippen LogP contribution in [-0.2, 0) is 0 Å². The van der Waals surface area contributed by atoms with Crippen LogP contribution in [0.4, 0.5) is 0 Å². The lowest BCUT2D eigenvalue weighted by Crippen LogP contribution is -2.31. The summed E-state index contributed by atoms with van der Waals surface area (Å²) in [6.07, 6.45) is 9.80. The molecule has 2 nitrogen and oxygen atoms in total. The van der Waals surface area contributed by atoms with E-state index in [9.17, 15) is 0 Å². The molecule has 0 aliphatic heterocycles. The molecule has 0 saturated carbocycles. The van der Waals surface area contributed by atoms with Gasteiger partial charge in [0, 0.05) is 19.3 Å². The van der Waals surface area contributed by atoms with Gasteiger partial charge < -0.3 is 10.6 Å².